The van der Waals surface area contributed by atoms with E-state index in [-0.39, 0.29) is 11.9 Å². The zero-order valence-electron chi connectivity index (χ0n) is 18.6. The summed E-state index contributed by atoms with van der Waals surface area (Å²) in [7, 11) is 0. The molecule has 1 atom stereocenters. The van der Waals surface area contributed by atoms with Crippen molar-refractivity contribution >= 4 is 23.0 Å². The minimum Gasteiger partial charge on any atom is -0.378 e. The van der Waals surface area contributed by atoms with Gasteiger partial charge in [-0.15, -0.1) is 0 Å². The van der Waals surface area contributed by atoms with Gasteiger partial charge in [-0.1, -0.05) is 6.07 Å². The van der Waals surface area contributed by atoms with E-state index in [9.17, 15) is 18.0 Å². The van der Waals surface area contributed by atoms with E-state index < -0.39 is 11.7 Å². The van der Waals surface area contributed by atoms with E-state index in [0.717, 1.165) is 43.7 Å². The molecule has 0 radical (unpaired) electrons. The SMILES string of the molecule is CC(C(=O)Nc1ccc(N2CCOCC2)cc1)N1CCN(c2cccc(C(F)(F)F)c2)CC1. The Morgan fingerprint density at radius 3 is 2.18 bits per heavy atom. The van der Waals surface area contributed by atoms with Crippen LogP contribution in [0.3, 0.4) is 0 Å². The Morgan fingerprint density at radius 2 is 1.55 bits per heavy atom. The van der Waals surface area contributed by atoms with Gasteiger partial charge in [0.25, 0.3) is 0 Å². The molecule has 2 aromatic carbocycles. The molecule has 1 N–H and O–H groups in total. The molecule has 9 heteroatoms. The lowest BCUT2D eigenvalue weighted by atomic mass is 10.1. The standard InChI is InChI=1S/C24H29F3N4O2/c1-18(23(32)28-20-5-7-21(8-6-20)31-13-15-33-16-14-31)29-9-11-30(12-10-29)22-4-2-3-19(17-22)24(25,26)27/h2-8,17-18H,9-16H2,1H3,(H,28,32). The third-order valence-corrected chi connectivity index (χ3v) is 6.29. The van der Waals surface area contributed by atoms with Gasteiger partial charge < -0.3 is 19.9 Å². The van der Waals surface area contributed by atoms with Gasteiger partial charge in [-0.05, 0) is 49.4 Å². The Kier molecular flexibility index (Phi) is 7.09. The van der Waals surface area contributed by atoms with Crippen molar-refractivity contribution in [2.24, 2.45) is 0 Å². The van der Waals surface area contributed by atoms with Crippen molar-refractivity contribution in [2.75, 3.05) is 67.6 Å². The Morgan fingerprint density at radius 1 is 0.909 bits per heavy atom. The van der Waals surface area contributed by atoms with Crippen LogP contribution in [0.5, 0.6) is 0 Å². The molecule has 1 amide bonds. The molecule has 0 saturated carbocycles. The molecule has 2 aromatic rings. The average molecular weight is 463 g/mol. The lowest BCUT2D eigenvalue weighted by Crippen LogP contribution is -2.52. The minimum absolute atomic E-state index is 0.0957. The fourth-order valence-corrected chi connectivity index (χ4v) is 4.24. The van der Waals surface area contributed by atoms with Crippen molar-refractivity contribution in [3.63, 3.8) is 0 Å². The van der Waals surface area contributed by atoms with Gasteiger partial charge >= 0.3 is 6.18 Å². The number of alkyl halides is 3. The van der Waals surface area contributed by atoms with Crippen LogP contribution in [0.25, 0.3) is 0 Å². The van der Waals surface area contributed by atoms with Gasteiger partial charge in [0.05, 0.1) is 24.8 Å². The van der Waals surface area contributed by atoms with Crippen LogP contribution in [0.4, 0.5) is 30.2 Å². The maximum absolute atomic E-state index is 13.0. The number of rotatable bonds is 5. The first kappa shape index (κ1) is 23.4. The fourth-order valence-electron chi connectivity index (χ4n) is 4.24. The second kappa shape index (κ2) is 10.0. The topological polar surface area (TPSA) is 48.1 Å². The largest absolute Gasteiger partial charge is 0.416 e. The fraction of sp³-hybridized carbons (Fsp3) is 0.458. The summed E-state index contributed by atoms with van der Waals surface area (Å²) >= 11 is 0. The summed E-state index contributed by atoms with van der Waals surface area (Å²) in [5.74, 6) is -0.0957. The Hall–Kier alpha value is -2.78. The number of morpholine rings is 1. The summed E-state index contributed by atoms with van der Waals surface area (Å²) in [5, 5.41) is 2.97. The van der Waals surface area contributed by atoms with Crippen LogP contribution < -0.4 is 15.1 Å². The van der Waals surface area contributed by atoms with Crippen molar-refractivity contribution in [3.05, 3.63) is 54.1 Å². The van der Waals surface area contributed by atoms with Crippen molar-refractivity contribution in [3.8, 4) is 0 Å². The quantitative estimate of drug-likeness (QED) is 0.735. The van der Waals surface area contributed by atoms with Crippen LogP contribution in [0.1, 0.15) is 12.5 Å². The molecule has 0 spiro atoms. The summed E-state index contributed by atoms with van der Waals surface area (Å²) < 4.78 is 44.4. The van der Waals surface area contributed by atoms with Gasteiger partial charge in [-0.3, -0.25) is 9.69 Å². The number of nitrogens with zero attached hydrogens (tertiary/aromatic N) is 3. The highest BCUT2D eigenvalue weighted by molar-refractivity contribution is 5.94. The van der Waals surface area contributed by atoms with Crippen LogP contribution in [0.15, 0.2) is 48.5 Å². The summed E-state index contributed by atoms with van der Waals surface area (Å²) in [6.45, 7) is 7.33. The van der Waals surface area contributed by atoms with E-state index in [1.807, 2.05) is 36.1 Å². The number of nitrogens with one attached hydrogen (secondary N) is 1. The maximum Gasteiger partial charge on any atom is 0.416 e. The van der Waals surface area contributed by atoms with Gasteiger partial charge in [0, 0.05) is 56.3 Å². The number of anilines is 3. The number of benzene rings is 2. The monoisotopic (exact) mass is 462 g/mol. The molecule has 33 heavy (non-hydrogen) atoms. The zero-order chi connectivity index (χ0) is 23.4. The Balaban J connectivity index is 1.29. The third kappa shape index (κ3) is 5.78. The molecule has 0 bridgehead atoms. The molecular formula is C24H29F3N4O2. The molecule has 2 aliphatic rings. The molecule has 178 valence electrons. The molecule has 2 aliphatic heterocycles. The molecule has 4 rings (SSSR count). The number of amides is 1. The number of piperazine rings is 1. The lowest BCUT2D eigenvalue weighted by molar-refractivity contribution is -0.137. The van der Waals surface area contributed by atoms with Crippen LogP contribution >= 0.6 is 0 Å². The predicted molar refractivity (Wildman–Crippen MR) is 123 cm³/mol. The maximum atomic E-state index is 13.0. The smallest absolute Gasteiger partial charge is 0.378 e. The minimum atomic E-state index is -4.36. The second-order valence-electron chi connectivity index (χ2n) is 8.38. The van der Waals surface area contributed by atoms with Crippen LogP contribution in [0, 0.1) is 0 Å². The molecular weight excluding hydrogens is 433 g/mol. The third-order valence-electron chi connectivity index (χ3n) is 6.29. The summed E-state index contributed by atoms with van der Waals surface area (Å²) in [6, 6.07) is 12.9. The number of halogens is 3. The normalized spacial score (nSPS) is 18.8. The molecule has 0 aromatic heterocycles. The Bertz CT molecular complexity index is 937. The summed E-state index contributed by atoms with van der Waals surface area (Å²) in [5.41, 5.74) is 1.76. The van der Waals surface area contributed by atoms with Gasteiger partial charge in [0.15, 0.2) is 0 Å². The number of carbonyl (C=O) groups is 1. The molecule has 2 fully saturated rings. The van der Waals surface area contributed by atoms with Gasteiger partial charge in [0.1, 0.15) is 0 Å². The molecule has 2 saturated heterocycles. The van der Waals surface area contributed by atoms with Gasteiger partial charge in [-0.25, -0.2) is 0 Å². The molecule has 1 unspecified atom stereocenters. The number of ether oxygens (including phenoxy) is 1. The first-order valence-corrected chi connectivity index (χ1v) is 11.2. The molecule has 2 heterocycles. The van der Waals surface area contributed by atoms with E-state index in [1.165, 1.54) is 12.1 Å². The highest BCUT2D eigenvalue weighted by atomic mass is 19.4. The highest BCUT2D eigenvalue weighted by Gasteiger charge is 2.31. The second-order valence-corrected chi connectivity index (χ2v) is 8.38. The summed E-state index contributed by atoms with van der Waals surface area (Å²) in [6.07, 6.45) is -4.36. The van der Waals surface area contributed by atoms with Crippen molar-refractivity contribution in [1.82, 2.24) is 4.90 Å². The first-order chi connectivity index (χ1) is 15.8. The highest BCUT2D eigenvalue weighted by Crippen LogP contribution is 2.32. The molecule has 0 aliphatic carbocycles. The zero-order valence-corrected chi connectivity index (χ0v) is 18.6. The Labute approximate surface area is 191 Å². The number of hydrogen-bond donors (Lipinski definition) is 1. The average Bonchev–Trinajstić information content (AvgIpc) is 2.84. The van der Waals surface area contributed by atoms with Crippen molar-refractivity contribution in [1.29, 1.82) is 0 Å². The van der Waals surface area contributed by atoms with E-state index in [2.05, 4.69) is 15.1 Å². The van der Waals surface area contributed by atoms with E-state index >= 15 is 0 Å². The van der Waals surface area contributed by atoms with Gasteiger partial charge in [0.2, 0.25) is 5.91 Å². The molecule has 6 nitrogen and oxygen atoms in total. The summed E-state index contributed by atoms with van der Waals surface area (Å²) in [4.78, 5) is 19.0. The number of hydrogen-bond acceptors (Lipinski definition) is 5. The lowest BCUT2D eigenvalue weighted by Gasteiger charge is -2.38. The van der Waals surface area contributed by atoms with Crippen LogP contribution in [0.2, 0.25) is 0 Å². The van der Waals surface area contributed by atoms with Crippen molar-refractivity contribution < 1.29 is 22.7 Å². The van der Waals surface area contributed by atoms with E-state index in [4.69, 9.17) is 4.74 Å². The van der Waals surface area contributed by atoms with Crippen LogP contribution in [-0.4, -0.2) is 69.3 Å². The van der Waals surface area contributed by atoms with E-state index in [0.29, 0.717) is 31.9 Å². The number of carbonyl (C=O) groups excluding carboxylic acids is 1. The van der Waals surface area contributed by atoms with E-state index in [1.54, 1.807) is 6.07 Å². The van der Waals surface area contributed by atoms with Gasteiger partial charge in [-0.2, -0.15) is 13.2 Å². The van der Waals surface area contributed by atoms with Crippen LogP contribution in [-0.2, 0) is 15.7 Å². The van der Waals surface area contributed by atoms with Crippen molar-refractivity contribution in [2.45, 2.75) is 19.1 Å². The first-order valence-electron chi connectivity index (χ1n) is 11.2. The predicted octanol–water partition coefficient (Wildman–Crippen LogP) is 3.69.